The van der Waals surface area contributed by atoms with Gasteiger partial charge in [0.05, 0.1) is 5.56 Å². The molecule has 0 saturated carbocycles. The predicted octanol–water partition coefficient (Wildman–Crippen LogP) is 3.49. The number of nitrogens with one attached hydrogen (secondary N) is 1. The number of rotatable bonds is 4. The SMILES string of the molecule is O=C(OCC(=O)c1c[nH]c2ccccc12)c1cc(F)cc(F)c1. The number of H-pyrrole nitrogens is 1. The highest BCUT2D eigenvalue weighted by molar-refractivity contribution is 6.09. The van der Waals surface area contributed by atoms with Crippen LogP contribution < -0.4 is 0 Å². The molecule has 0 atom stereocenters. The third-order valence-electron chi connectivity index (χ3n) is 3.32. The molecule has 0 spiro atoms. The summed E-state index contributed by atoms with van der Waals surface area (Å²) >= 11 is 0. The van der Waals surface area contributed by atoms with E-state index >= 15 is 0 Å². The van der Waals surface area contributed by atoms with Crippen LogP contribution in [0.2, 0.25) is 0 Å². The molecule has 1 heterocycles. The Bertz CT molecular complexity index is 881. The second-order valence-corrected chi connectivity index (χ2v) is 4.91. The van der Waals surface area contributed by atoms with Gasteiger partial charge in [-0.1, -0.05) is 18.2 Å². The number of carbonyl (C=O) groups excluding carboxylic acids is 2. The van der Waals surface area contributed by atoms with E-state index < -0.39 is 30.0 Å². The van der Waals surface area contributed by atoms with E-state index in [9.17, 15) is 18.4 Å². The molecule has 23 heavy (non-hydrogen) atoms. The first-order valence-electron chi connectivity index (χ1n) is 6.77. The van der Waals surface area contributed by atoms with Gasteiger partial charge in [0.2, 0.25) is 5.78 Å². The molecule has 3 aromatic rings. The van der Waals surface area contributed by atoms with Crippen LogP contribution in [0.5, 0.6) is 0 Å². The highest BCUT2D eigenvalue weighted by Crippen LogP contribution is 2.18. The first-order chi connectivity index (χ1) is 11.0. The van der Waals surface area contributed by atoms with Crippen LogP contribution in [0.4, 0.5) is 8.78 Å². The van der Waals surface area contributed by atoms with Crippen molar-refractivity contribution in [1.29, 1.82) is 0 Å². The van der Waals surface area contributed by atoms with Crippen LogP contribution in [-0.2, 0) is 4.74 Å². The Morgan fingerprint density at radius 3 is 2.48 bits per heavy atom. The maximum atomic E-state index is 13.1. The molecule has 0 aliphatic carbocycles. The number of ether oxygens (including phenoxy) is 1. The van der Waals surface area contributed by atoms with Gasteiger partial charge in [-0.05, 0) is 18.2 Å². The number of aromatic nitrogens is 1. The number of ketones is 1. The smallest absolute Gasteiger partial charge is 0.338 e. The highest BCUT2D eigenvalue weighted by Gasteiger charge is 2.16. The molecule has 0 aliphatic rings. The lowest BCUT2D eigenvalue weighted by Gasteiger charge is -2.04. The molecule has 1 aromatic heterocycles. The molecular weight excluding hydrogens is 304 g/mol. The van der Waals surface area contributed by atoms with E-state index in [2.05, 4.69) is 4.98 Å². The standard InChI is InChI=1S/C17H11F2NO3/c18-11-5-10(6-12(19)7-11)17(22)23-9-16(21)14-8-20-15-4-2-1-3-13(14)15/h1-8,20H,9H2. The summed E-state index contributed by atoms with van der Waals surface area (Å²) in [7, 11) is 0. The number of hydrogen-bond donors (Lipinski definition) is 1. The molecule has 0 radical (unpaired) electrons. The number of Topliss-reactive ketones (excluding diaryl/α,β-unsaturated/α-hetero) is 1. The summed E-state index contributed by atoms with van der Waals surface area (Å²) in [5, 5.41) is 0.713. The van der Waals surface area contributed by atoms with Crippen molar-refractivity contribution in [2.75, 3.05) is 6.61 Å². The van der Waals surface area contributed by atoms with Gasteiger partial charge in [0, 0.05) is 28.7 Å². The number of fused-ring (bicyclic) bond motifs is 1. The van der Waals surface area contributed by atoms with E-state index in [1.165, 1.54) is 6.20 Å². The number of carbonyl (C=O) groups is 2. The zero-order valence-electron chi connectivity index (χ0n) is 11.8. The minimum atomic E-state index is -0.961. The van der Waals surface area contributed by atoms with Gasteiger partial charge in [-0.3, -0.25) is 4.79 Å². The number of halogens is 2. The Kier molecular flexibility index (Phi) is 3.89. The predicted molar refractivity (Wildman–Crippen MR) is 79.3 cm³/mol. The maximum Gasteiger partial charge on any atom is 0.338 e. The van der Waals surface area contributed by atoms with Gasteiger partial charge >= 0.3 is 5.97 Å². The van der Waals surface area contributed by atoms with Gasteiger partial charge in [-0.25, -0.2) is 13.6 Å². The molecule has 2 aromatic carbocycles. The van der Waals surface area contributed by atoms with E-state index in [4.69, 9.17) is 4.74 Å². The van der Waals surface area contributed by atoms with E-state index in [-0.39, 0.29) is 5.56 Å². The van der Waals surface area contributed by atoms with E-state index in [0.717, 1.165) is 17.6 Å². The average Bonchev–Trinajstić information content (AvgIpc) is 2.95. The third kappa shape index (κ3) is 3.11. The molecule has 3 rings (SSSR count). The van der Waals surface area contributed by atoms with E-state index in [0.29, 0.717) is 17.0 Å². The lowest BCUT2D eigenvalue weighted by Crippen LogP contribution is -2.14. The molecule has 0 aliphatic heterocycles. The summed E-state index contributed by atoms with van der Waals surface area (Å²) in [6.45, 7) is -0.515. The zero-order chi connectivity index (χ0) is 16.4. The second kappa shape index (κ2) is 6.00. The number of para-hydroxylation sites is 1. The molecule has 1 N–H and O–H groups in total. The van der Waals surface area contributed by atoms with Crippen molar-refractivity contribution in [3.8, 4) is 0 Å². The van der Waals surface area contributed by atoms with E-state index in [1.54, 1.807) is 12.1 Å². The highest BCUT2D eigenvalue weighted by atomic mass is 19.1. The molecule has 0 unspecified atom stereocenters. The molecule has 0 saturated heterocycles. The summed E-state index contributed by atoms with van der Waals surface area (Å²) in [4.78, 5) is 26.9. The Morgan fingerprint density at radius 1 is 1.04 bits per heavy atom. The monoisotopic (exact) mass is 315 g/mol. The maximum absolute atomic E-state index is 13.1. The van der Waals surface area contributed by atoms with Crippen molar-refractivity contribution >= 4 is 22.7 Å². The average molecular weight is 315 g/mol. The van der Waals surface area contributed by atoms with Crippen LogP contribution in [0.1, 0.15) is 20.7 Å². The Balaban J connectivity index is 1.72. The van der Waals surface area contributed by atoms with Crippen molar-refractivity contribution in [3.05, 3.63) is 71.4 Å². The molecule has 4 nitrogen and oxygen atoms in total. The van der Waals surface area contributed by atoms with Gasteiger partial charge < -0.3 is 9.72 Å². The zero-order valence-corrected chi connectivity index (χ0v) is 11.8. The second-order valence-electron chi connectivity index (χ2n) is 4.91. The summed E-state index contributed by atoms with van der Waals surface area (Å²) in [5.74, 6) is -3.15. The fourth-order valence-electron chi connectivity index (χ4n) is 2.27. The van der Waals surface area contributed by atoms with Crippen LogP contribution in [-0.4, -0.2) is 23.3 Å². The molecule has 116 valence electrons. The summed E-state index contributed by atoms with van der Waals surface area (Å²) in [6.07, 6.45) is 1.53. The summed E-state index contributed by atoms with van der Waals surface area (Å²) in [5.41, 5.74) is 0.891. The van der Waals surface area contributed by atoms with Crippen molar-refractivity contribution < 1.29 is 23.1 Å². The van der Waals surface area contributed by atoms with Crippen LogP contribution in [0.25, 0.3) is 10.9 Å². The van der Waals surface area contributed by atoms with Crippen molar-refractivity contribution in [2.24, 2.45) is 0 Å². The Labute approximate surface area is 129 Å². The molecule has 0 amide bonds. The first-order valence-corrected chi connectivity index (χ1v) is 6.77. The molecule has 0 fully saturated rings. The summed E-state index contributed by atoms with van der Waals surface area (Å²) in [6, 6.07) is 9.54. The number of benzene rings is 2. The van der Waals surface area contributed by atoms with Crippen molar-refractivity contribution in [1.82, 2.24) is 4.98 Å². The normalized spacial score (nSPS) is 10.7. The summed E-state index contributed by atoms with van der Waals surface area (Å²) < 4.78 is 31.0. The fraction of sp³-hybridized carbons (Fsp3) is 0.0588. The quantitative estimate of drug-likeness (QED) is 0.592. The first kappa shape index (κ1) is 14.9. The van der Waals surface area contributed by atoms with Crippen LogP contribution >= 0.6 is 0 Å². The fourth-order valence-corrected chi connectivity index (χ4v) is 2.27. The van der Waals surface area contributed by atoms with Crippen LogP contribution in [0, 0.1) is 11.6 Å². The minimum absolute atomic E-state index is 0.283. The number of hydrogen-bond acceptors (Lipinski definition) is 3. The lowest BCUT2D eigenvalue weighted by atomic mass is 10.1. The van der Waals surface area contributed by atoms with Gasteiger partial charge in [0.25, 0.3) is 0 Å². The molecular formula is C17H11F2NO3. The van der Waals surface area contributed by atoms with Crippen LogP contribution in [0.3, 0.4) is 0 Å². The Hall–Kier alpha value is -3.02. The number of esters is 1. The molecule has 0 bridgehead atoms. The van der Waals surface area contributed by atoms with Crippen molar-refractivity contribution in [2.45, 2.75) is 0 Å². The minimum Gasteiger partial charge on any atom is -0.454 e. The third-order valence-corrected chi connectivity index (χ3v) is 3.32. The van der Waals surface area contributed by atoms with Crippen LogP contribution in [0.15, 0.2) is 48.7 Å². The van der Waals surface area contributed by atoms with Gasteiger partial charge in [-0.2, -0.15) is 0 Å². The van der Waals surface area contributed by atoms with Gasteiger partial charge in [0.1, 0.15) is 11.6 Å². The number of aromatic amines is 1. The van der Waals surface area contributed by atoms with Gasteiger partial charge in [-0.15, -0.1) is 0 Å². The van der Waals surface area contributed by atoms with Crippen molar-refractivity contribution in [3.63, 3.8) is 0 Å². The van der Waals surface area contributed by atoms with E-state index in [1.807, 2.05) is 12.1 Å². The topological polar surface area (TPSA) is 59.2 Å². The molecule has 6 heteroatoms. The van der Waals surface area contributed by atoms with Gasteiger partial charge in [0.15, 0.2) is 6.61 Å². The Morgan fingerprint density at radius 2 is 1.74 bits per heavy atom. The lowest BCUT2D eigenvalue weighted by molar-refractivity contribution is 0.0474. The largest absolute Gasteiger partial charge is 0.454 e.